The maximum Gasteiger partial charge on any atom is 0.100 e. The molecule has 0 amide bonds. The third-order valence-corrected chi connectivity index (χ3v) is 3.85. The molecule has 1 aromatic heterocycles. The van der Waals surface area contributed by atoms with Crippen LogP contribution in [0.4, 0.5) is 5.00 Å². The van der Waals surface area contributed by atoms with E-state index in [2.05, 4.69) is 22.0 Å². The predicted molar refractivity (Wildman–Crippen MR) is 58.7 cm³/mol. The van der Waals surface area contributed by atoms with E-state index in [1.807, 2.05) is 12.1 Å². The summed E-state index contributed by atoms with van der Waals surface area (Å²) in [4.78, 5) is 0. The second kappa shape index (κ2) is 3.02. The first-order valence-corrected chi connectivity index (χ1v) is 5.21. The lowest BCUT2D eigenvalue weighted by molar-refractivity contribution is 1.49. The molecule has 13 heavy (non-hydrogen) atoms. The van der Waals surface area contributed by atoms with E-state index in [0.29, 0.717) is 5.56 Å². The van der Waals surface area contributed by atoms with E-state index in [0.717, 1.165) is 19.6 Å². The molecular weight excluding hydrogens is 248 g/mol. The van der Waals surface area contributed by atoms with Gasteiger partial charge in [-0.3, -0.25) is 0 Å². The number of nitrogen functional groups attached to an aromatic ring is 1. The SMILES string of the molecule is N#Cc1ccc2cc(N)sc2c1Br. The smallest absolute Gasteiger partial charge is 0.100 e. The number of benzene rings is 1. The maximum absolute atomic E-state index is 8.78. The first-order chi connectivity index (χ1) is 6.22. The van der Waals surface area contributed by atoms with Gasteiger partial charge >= 0.3 is 0 Å². The molecule has 2 aromatic rings. The van der Waals surface area contributed by atoms with Crippen LogP contribution in [-0.2, 0) is 0 Å². The van der Waals surface area contributed by atoms with E-state index in [9.17, 15) is 0 Å². The molecule has 0 radical (unpaired) electrons. The molecule has 0 fully saturated rings. The van der Waals surface area contributed by atoms with E-state index >= 15 is 0 Å². The summed E-state index contributed by atoms with van der Waals surface area (Å²) in [5.74, 6) is 0. The highest BCUT2D eigenvalue weighted by Crippen LogP contribution is 2.35. The van der Waals surface area contributed by atoms with Crippen molar-refractivity contribution in [2.24, 2.45) is 0 Å². The van der Waals surface area contributed by atoms with Crippen LogP contribution in [0.2, 0.25) is 0 Å². The number of rotatable bonds is 0. The van der Waals surface area contributed by atoms with Crippen molar-refractivity contribution in [3.05, 3.63) is 28.2 Å². The fourth-order valence-electron chi connectivity index (χ4n) is 1.18. The summed E-state index contributed by atoms with van der Waals surface area (Å²) in [6.07, 6.45) is 0. The van der Waals surface area contributed by atoms with Crippen LogP contribution in [0.15, 0.2) is 22.7 Å². The molecule has 1 aromatic carbocycles. The Morgan fingerprint density at radius 2 is 2.23 bits per heavy atom. The van der Waals surface area contributed by atoms with Crippen LogP contribution in [0, 0.1) is 11.3 Å². The summed E-state index contributed by atoms with van der Waals surface area (Å²) < 4.78 is 1.88. The molecule has 2 nitrogen and oxygen atoms in total. The molecule has 2 rings (SSSR count). The number of nitriles is 1. The van der Waals surface area contributed by atoms with Crippen LogP contribution in [0.1, 0.15) is 5.56 Å². The highest BCUT2D eigenvalue weighted by atomic mass is 79.9. The molecule has 0 bridgehead atoms. The summed E-state index contributed by atoms with van der Waals surface area (Å²) in [7, 11) is 0. The maximum atomic E-state index is 8.78. The largest absolute Gasteiger partial charge is 0.391 e. The fraction of sp³-hybridized carbons (Fsp3) is 0. The van der Waals surface area contributed by atoms with Gasteiger partial charge in [0.2, 0.25) is 0 Å². The lowest BCUT2D eigenvalue weighted by Crippen LogP contribution is -1.75. The van der Waals surface area contributed by atoms with Crippen LogP contribution in [0.5, 0.6) is 0 Å². The van der Waals surface area contributed by atoms with Crippen LogP contribution in [-0.4, -0.2) is 0 Å². The Balaban J connectivity index is 2.87. The third kappa shape index (κ3) is 1.30. The van der Waals surface area contributed by atoms with Crippen molar-refractivity contribution in [3.8, 4) is 6.07 Å². The number of hydrogen-bond donors (Lipinski definition) is 1. The molecule has 2 N–H and O–H groups in total. The van der Waals surface area contributed by atoms with Gasteiger partial charge in [-0.2, -0.15) is 5.26 Å². The van der Waals surface area contributed by atoms with Gasteiger partial charge in [0, 0.05) is 0 Å². The molecule has 0 aliphatic carbocycles. The van der Waals surface area contributed by atoms with Crippen molar-refractivity contribution < 1.29 is 0 Å². The molecule has 0 saturated carbocycles. The minimum atomic E-state index is 0.648. The molecule has 0 saturated heterocycles. The summed E-state index contributed by atoms with van der Waals surface area (Å²) >= 11 is 4.88. The second-order valence-electron chi connectivity index (χ2n) is 2.61. The van der Waals surface area contributed by atoms with Gasteiger partial charge < -0.3 is 5.73 Å². The van der Waals surface area contributed by atoms with Crippen molar-refractivity contribution in [1.29, 1.82) is 5.26 Å². The number of anilines is 1. The zero-order valence-electron chi connectivity index (χ0n) is 6.54. The monoisotopic (exact) mass is 252 g/mol. The zero-order chi connectivity index (χ0) is 9.42. The summed E-state index contributed by atoms with van der Waals surface area (Å²) in [5.41, 5.74) is 6.31. The Morgan fingerprint density at radius 3 is 2.92 bits per heavy atom. The van der Waals surface area contributed by atoms with Crippen molar-refractivity contribution in [2.45, 2.75) is 0 Å². The van der Waals surface area contributed by atoms with E-state index < -0.39 is 0 Å². The van der Waals surface area contributed by atoms with E-state index in [4.69, 9.17) is 11.0 Å². The predicted octanol–water partition coefficient (Wildman–Crippen LogP) is 3.12. The number of halogens is 1. The molecule has 1 heterocycles. The topological polar surface area (TPSA) is 49.8 Å². The van der Waals surface area contributed by atoms with Gasteiger partial charge in [0.15, 0.2) is 0 Å². The minimum Gasteiger partial charge on any atom is -0.391 e. The number of nitrogens with zero attached hydrogens (tertiary/aromatic N) is 1. The fourth-order valence-corrected chi connectivity index (χ4v) is 2.73. The van der Waals surface area contributed by atoms with Crippen LogP contribution in [0.25, 0.3) is 10.1 Å². The molecular formula is C9H5BrN2S. The Kier molecular flexibility index (Phi) is 1.98. The highest BCUT2D eigenvalue weighted by molar-refractivity contribution is 9.10. The van der Waals surface area contributed by atoms with Gasteiger partial charge in [-0.1, -0.05) is 6.07 Å². The highest BCUT2D eigenvalue weighted by Gasteiger charge is 2.06. The second-order valence-corrected chi connectivity index (χ2v) is 4.48. The van der Waals surface area contributed by atoms with E-state index in [1.54, 1.807) is 6.07 Å². The van der Waals surface area contributed by atoms with Crippen molar-refractivity contribution in [3.63, 3.8) is 0 Å². The average Bonchev–Trinajstić information content (AvgIpc) is 2.47. The number of hydrogen-bond acceptors (Lipinski definition) is 3. The Bertz CT molecular complexity index is 510. The van der Waals surface area contributed by atoms with Gasteiger partial charge in [-0.15, -0.1) is 11.3 Å². The number of nitrogens with two attached hydrogens (primary N) is 1. The van der Waals surface area contributed by atoms with Crippen LogP contribution in [0.3, 0.4) is 0 Å². The summed E-state index contributed by atoms with van der Waals surface area (Å²) in [6, 6.07) is 7.72. The quantitative estimate of drug-likeness (QED) is 0.784. The van der Waals surface area contributed by atoms with Gasteiger partial charge in [0.1, 0.15) is 6.07 Å². The van der Waals surface area contributed by atoms with Crippen LogP contribution >= 0.6 is 27.3 Å². The Labute approximate surface area is 87.7 Å². The first kappa shape index (κ1) is 8.54. The van der Waals surface area contributed by atoms with Crippen molar-refractivity contribution in [1.82, 2.24) is 0 Å². The zero-order valence-corrected chi connectivity index (χ0v) is 8.95. The van der Waals surface area contributed by atoms with Crippen molar-refractivity contribution >= 4 is 42.4 Å². The van der Waals surface area contributed by atoms with Gasteiger partial charge in [0.25, 0.3) is 0 Å². The molecule has 4 heteroatoms. The van der Waals surface area contributed by atoms with Crippen molar-refractivity contribution in [2.75, 3.05) is 5.73 Å². The number of thiophene rings is 1. The molecule has 0 aliphatic rings. The van der Waals surface area contributed by atoms with Gasteiger partial charge in [0.05, 0.1) is 19.7 Å². The number of fused-ring (bicyclic) bond motifs is 1. The standard InChI is InChI=1S/C9H5BrN2S/c10-8-6(4-11)2-1-5-3-7(12)13-9(5)8/h1-3H,12H2. The summed E-state index contributed by atoms with van der Waals surface area (Å²) in [5, 5.41) is 10.6. The summed E-state index contributed by atoms with van der Waals surface area (Å²) in [6.45, 7) is 0. The lowest BCUT2D eigenvalue weighted by Gasteiger charge is -1.95. The molecule has 0 aliphatic heterocycles. The normalized spacial score (nSPS) is 10.2. The molecule has 0 unspecified atom stereocenters. The molecule has 0 atom stereocenters. The van der Waals surface area contributed by atoms with Crippen LogP contribution < -0.4 is 5.73 Å². The van der Waals surface area contributed by atoms with E-state index in [1.165, 1.54) is 11.3 Å². The molecule has 0 spiro atoms. The average molecular weight is 253 g/mol. The minimum absolute atomic E-state index is 0.648. The van der Waals surface area contributed by atoms with Gasteiger partial charge in [-0.25, -0.2) is 0 Å². The molecule has 64 valence electrons. The lowest BCUT2D eigenvalue weighted by atomic mass is 10.2. The van der Waals surface area contributed by atoms with Gasteiger partial charge in [-0.05, 0) is 33.4 Å². The Morgan fingerprint density at radius 1 is 1.46 bits per heavy atom. The third-order valence-electron chi connectivity index (χ3n) is 1.77. The van der Waals surface area contributed by atoms with E-state index in [-0.39, 0.29) is 0 Å². The first-order valence-electron chi connectivity index (χ1n) is 3.60. The Hall–Kier alpha value is -1.05.